The largest absolute Gasteiger partial charge is 0.496 e. The van der Waals surface area contributed by atoms with Crippen LogP contribution in [0.4, 0.5) is 0 Å². The molecule has 5 heteroatoms. The summed E-state index contributed by atoms with van der Waals surface area (Å²) in [5, 5.41) is 0.630. The summed E-state index contributed by atoms with van der Waals surface area (Å²) in [6.07, 6.45) is 1.80. The third-order valence-corrected chi connectivity index (χ3v) is 3.13. The van der Waals surface area contributed by atoms with Gasteiger partial charge >= 0.3 is 0 Å². The minimum atomic E-state index is 0.630. The molecule has 3 rings (SSSR count). The van der Waals surface area contributed by atoms with Gasteiger partial charge in [-0.2, -0.15) is 0 Å². The molecule has 0 bridgehead atoms. The van der Waals surface area contributed by atoms with Gasteiger partial charge in [-0.3, -0.25) is 0 Å². The Hall–Kier alpha value is -2.07. The molecule has 2 heterocycles. The zero-order chi connectivity index (χ0) is 13.4. The Labute approximate surface area is 115 Å². The first-order valence-electron chi connectivity index (χ1n) is 5.83. The molecule has 2 aromatic heterocycles. The molecule has 0 saturated heterocycles. The zero-order valence-electron chi connectivity index (χ0n) is 10.6. The first kappa shape index (κ1) is 12.0. The van der Waals surface area contributed by atoms with E-state index < -0.39 is 0 Å². The number of nitrogens with one attached hydrogen (secondary N) is 1. The number of aryl methyl sites for hydroxylation is 1. The van der Waals surface area contributed by atoms with Crippen LogP contribution in [0, 0.1) is 6.92 Å². The van der Waals surface area contributed by atoms with Crippen molar-refractivity contribution in [2.45, 2.75) is 6.92 Å². The van der Waals surface area contributed by atoms with E-state index >= 15 is 0 Å². The van der Waals surface area contributed by atoms with E-state index in [0.29, 0.717) is 16.4 Å². The van der Waals surface area contributed by atoms with Crippen molar-refractivity contribution in [1.29, 1.82) is 0 Å². The molecule has 0 amide bonds. The molecular formula is C14H12ClN3O. The number of aromatic nitrogens is 3. The Bertz CT molecular complexity index is 752. The second kappa shape index (κ2) is 4.55. The van der Waals surface area contributed by atoms with E-state index in [2.05, 4.69) is 15.0 Å². The molecule has 0 fully saturated rings. The van der Waals surface area contributed by atoms with Crippen LogP contribution in [0.15, 0.2) is 30.5 Å². The minimum Gasteiger partial charge on any atom is -0.496 e. The lowest BCUT2D eigenvalue weighted by molar-refractivity contribution is 0.416. The standard InChI is InChI=1S/C14H12ClN3O/c1-8-5-11-14(16-7-8)18-13(17-11)10-4-3-9(15)6-12(10)19-2/h3-7H,1-2H3,(H,16,17,18). The lowest BCUT2D eigenvalue weighted by Gasteiger charge is -2.05. The predicted molar refractivity (Wildman–Crippen MR) is 75.6 cm³/mol. The number of aromatic amines is 1. The molecule has 0 radical (unpaired) electrons. The second-order valence-corrected chi connectivity index (χ2v) is 4.75. The molecule has 0 atom stereocenters. The van der Waals surface area contributed by atoms with Gasteiger partial charge in [-0.1, -0.05) is 11.6 Å². The van der Waals surface area contributed by atoms with Crippen molar-refractivity contribution in [3.63, 3.8) is 0 Å². The Balaban J connectivity index is 2.18. The van der Waals surface area contributed by atoms with Crippen molar-refractivity contribution in [2.75, 3.05) is 7.11 Å². The SMILES string of the molecule is COc1cc(Cl)ccc1-c1nc2ncc(C)cc2[nH]1. The molecule has 0 saturated carbocycles. The number of hydrogen-bond acceptors (Lipinski definition) is 3. The van der Waals surface area contributed by atoms with Crippen molar-refractivity contribution < 1.29 is 4.74 Å². The summed E-state index contributed by atoms with van der Waals surface area (Å²) in [5.41, 5.74) is 3.55. The Morgan fingerprint density at radius 2 is 2.11 bits per heavy atom. The molecule has 19 heavy (non-hydrogen) atoms. The number of H-pyrrole nitrogens is 1. The van der Waals surface area contributed by atoms with Crippen LogP contribution in [-0.2, 0) is 0 Å². The molecule has 0 aliphatic carbocycles. The lowest BCUT2D eigenvalue weighted by atomic mass is 10.2. The maximum atomic E-state index is 5.96. The molecular weight excluding hydrogens is 262 g/mol. The van der Waals surface area contributed by atoms with Crippen molar-refractivity contribution >= 4 is 22.8 Å². The van der Waals surface area contributed by atoms with Crippen LogP contribution in [-0.4, -0.2) is 22.1 Å². The number of benzene rings is 1. The van der Waals surface area contributed by atoms with Crippen molar-refractivity contribution in [3.05, 3.63) is 41.0 Å². The summed E-state index contributed by atoms with van der Waals surface area (Å²) in [6.45, 7) is 2.00. The van der Waals surface area contributed by atoms with E-state index in [-0.39, 0.29) is 0 Å². The number of nitrogens with zero attached hydrogens (tertiary/aromatic N) is 2. The van der Waals surface area contributed by atoms with Gasteiger partial charge in [0.2, 0.25) is 0 Å². The van der Waals surface area contributed by atoms with Gasteiger partial charge in [0.1, 0.15) is 11.6 Å². The number of rotatable bonds is 2. The smallest absolute Gasteiger partial charge is 0.178 e. The van der Waals surface area contributed by atoms with Gasteiger partial charge in [0.25, 0.3) is 0 Å². The van der Waals surface area contributed by atoms with Crippen LogP contribution in [0.25, 0.3) is 22.6 Å². The maximum absolute atomic E-state index is 5.96. The monoisotopic (exact) mass is 273 g/mol. The third kappa shape index (κ3) is 2.15. The van der Waals surface area contributed by atoms with E-state index in [4.69, 9.17) is 16.3 Å². The molecule has 1 N–H and O–H groups in total. The van der Waals surface area contributed by atoms with Crippen molar-refractivity contribution in [3.8, 4) is 17.1 Å². The fourth-order valence-electron chi connectivity index (χ4n) is 1.99. The Morgan fingerprint density at radius 1 is 1.26 bits per heavy atom. The lowest BCUT2D eigenvalue weighted by Crippen LogP contribution is -1.89. The second-order valence-electron chi connectivity index (χ2n) is 4.31. The first-order valence-corrected chi connectivity index (χ1v) is 6.21. The van der Waals surface area contributed by atoms with Gasteiger partial charge in [-0.05, 0) is 36.8 Å². The van der Waals surface area contributed by atoms with Crippen molar-refractivity contribution in [2.24, 2.45) is 0 Å². The third-order valence-electron chi connectivity index (χ3n) is 2.89. The summed E-state index contributed by atoms with van der Waals surface area (Å²) in [6, 6.07) is 7.47. The fourth-order valence-corrected chi connectivity index (χ4v) is 2.15. The molecule has 0 aliphatic rings. The fraction of sp³-hybridized carbons (Fsp3) is 0.143. The summed E-state index contributed by atoms with van der Waals surface area (Å²) < 4.78 is 5.34. The molecule has 96 valence electrons. The Morgan fingerprint density at radius 3 is 2.89 bits per heavy atom. The number of imidazole rings is 1. The number of ether oxygens (including phenoxy) is 1. The number of fused-ring (bicyclic) bond motifs is 1. The normalized spacial score (nSPS) is 10.9. The maximum Gasteiger partial charge on any atom is 0.178 e. The highest BCUT2D eigenvalue weighted by molar-refractivity contribution is 6.30. The highest BCUT2D eigenvalue weighted by Gasteiger charge is 2.11. The topological polar surface area (TPSA) is 50.8 Å². The van der Waals surface area contributed by atoms with Gasteiger partial charge in [-0.25, -0.2) is 9.97 Å². The molecule has 0 spiro atoms. The van der Waals surface area contributed by atoms with Crippen LogP contribution >= 0.6 is 11.6 Å². The van der Waals surface area contributed by atoms with Crippen LogP contribution in [0.2, 0.25) is 5.02 Å². The van der Waals surface area contributed by atoms with Gasteiger partial charge in [0.05, 0.1) is 18.2 Å². The van der Waals surface area contributed by atoms with Gasteiger partial charge in [-0.15, -0.1) is 0 Å². The van der Waals surface area contributed by atoms with E-state index in [1.165, 1.54) is 0 Å². The molecule has 0 unspecified atom stereocenters. The summed E-state index contributed by atoms with van der Waals surface area (Å²) >= 11 is 5.96. The first-order chi connectivity index (χ1) is 9.17. The number of methoxy groups -OCH3 is 1. The number of halogens is 1. The summed E-state index contributed by atoms with van der Waals surface area (Å²) in [4.78, 5) is 12.0. The van der Waals surface area contributed by atoms with E-state index in [1.807, 2.05) is 25.1 Å². The minimum absolute atomic E-state index is 0.630. The average Bonchev–Trinajstić information content (AvgIpc) is 2.81. The van der Waals surface area contributed by atoms with E-state index in [9.17, 15) is 0 Å². The van der Waals surface area contributed by atoms with Crippen LogP contribution in [0.1, 0.15) is 5.56 Å². The molecule has 4 nitrogen and oxygen atoms in total. The summed E-state index contributed by atoms with van der Waals surface area (Å²) in [7, 11) is 1.61. The van der Waals surface area contributed by atoms with E-state index in [1.54, 1.807) is 19.4 Å². The Kier molecular flexibility index (Phi) is 2.87. The molecule has 3 aromatic rings. The predicted octanol–water partition coefficient (Wildman–Crippen LogP) is 3.60. The van der Waals surface area contributed by atoms with Gasteiger partial charge in [0, 0.05) is 11.2 Å². The van der Waals surface area contributed by atoms with Crippen molar-refractivity contribution in [1.82, 2.24) is 15.0 Å². The average molecular weight is 274 g/mol. The number of pyridine rings is 1. The zero-order valence-corrected chi connectivity index (χ0v) is 11.3. The van der Waals surface area contributed by atoms with Gasteiger partial charge in [0.15, 0.2) is 5.65 Å². The van der Waals surface area contributed by atoms with Crippen LogP contribution in [0.5, 0.6) is 5.75 Å². The molecule has 0 aliphatic heterocycles. The highest BCUT2D eigenvalue weighted by atomic mass is 35.5. The number of hydrogen-bond donors (Lipinski definition) is 1. The van der Waals surface area contributed by atoms with Crippen LogP contribution in [0.3, 0.4) is 0 Å². The summed E-state index contributed by atoms with van der Waals surface area (Å²) in [5.74, 6) is 1.41. The molecule has 1 aromatic carbocycles. The highest BCUT2D eigenvalue weighted by Crippen LogP contribution is 2.31. The van der Waals surface area contributed by atoms with E-state index in [0.717, 1.165) is 22.5 Å². The van der Waals surface area contributed by atoms with Crippen LogP contribution < -0.4 is 4.74 Å². The quantitative estimate of drug-likeness (QED) is 0.776. The van der Waals surface area contributed by atoms with Gasteiger partial charge < -0.3 is 9.72 Å².